The van der Waals surface area contributed by atoms with Crippen LogP contribution in [0.3, 0.4) is 0 Å². The van der Waals surface area contributed by atoms with Gasteiger partial charge in [-0.2, -0.15) is 0 Å². The molecule has 2 amide bonds. The van der Waals surface area contributed by atoms with E-state index in [0.717, 1.165) is 0 Å². The number of halogens is 2. The van der Waals surface area contributed by atoms with E-state index in [-0.39, 0.29) is 37.2 Å². The lowest BCUT2D eigenvalue weighted by Gasteiger charge is -2.33. The summed E-state index contributed by atoms with van der Waals surface area (Å²) in [5.41, 5.74) is 1.17. The highest BCUT2D eigenvalue weighted by Crippen LogP contribution is 2.42. The molecule has 3 aliphatic heterocycles. The van der Waals surface area contributed by atoms with E-state index in [1.807, 2.05) is 0 Å². The minimum atomic E-state index is -1.10. The third kappa shape index (κ3) is 3.84. The average molecular weight is 479 g/mol. The molecule has 0 bridgehead atoms. The number of cyclic esters (lactones) is 1. The number of carbonyl (C=O) groups is 3. The first-order chi connectivity index (χ1) is 15.4. The van der Waals surface area contributed by atoms with Crippen molar-refractivity contribution in [2.45, 2.75) is 44.0 Å². The van der Waals surface area contributed by atoms with Gasteiger partial charge in [-0.1, -0.05) is 11.6 Å². The van der Waals surface area contributed by atoms with Gasteiger partial charge >= 0.3 is 6.09 Å². The van der Waals surface area contributed by atoms with Crippen molar-refractivity contribution in [1.29, 1.82) is 0 Å². The number of Topliss-reactive ketones (excluding diaryl/α,β-unsaturated/α-hetero) is 1. The molecule has 0 unspecified atom stereocenters. The van der Waals surface area contributed by atoms with Crippen LogP contribution >= 0.6 is 22.9 Å². The Kier molecular flexibility index (Phi) is 5.54. The first-order valence-corrected chi connectivity index (χ1v) is 11.6. The van der Waals surface area contributed by atoms with Crippen LogP contribution in [0, 0.1) is 0 Å². The number of hydrogen-bond acceptors (Lipinski definition) is 6. The van der Waals surface area contributed by atoms with Gasteiger partial charge in [-0.25, -0.2) is 9.18 Å². The zero-order valence-corrected chi connectivity index (χ0v) is 18.5. The maximum absolute atomic E-state index is 13.5. The van der Waals surface area contributed by atoms with E-state index in [4.69, 9.17) is 21.1 Å². The number of thiophene rings is 1. The van der Waals surface area contributed by atoms with Crippen molar-refractivity contribution in [3.05, 3.63) is 39.5 Å². The molecule has 32 heavy (non-hydrogen) atoms. The number of rotatable bonds is 5. The molecule has 1 aromatic carbocycles. The number of fused-ring (bicyclic) bond motifs is 3. The van der Waals surface area contributed by atoms with Gasteiger partial charge in [0, 0.05) is 24.7 Å². The van der Waals surface area contributed by atoms with Crippen LogP contribution in [0.5, 0.6) is 5.75 Å². The number of ketones is 1. The van der Waals surface area contributed by atoms with E-state index in [2.05, 4.69) is 0 Å². The fraction of sp³-hybridized carbons (Fsp3) is 0.409. The minimum Gasteiger partial charge on any atom is -0.489 e. The molecular weight excluding hydrogens is 459 g/mol. The maximum atomic E-state index is 13.5. The van der Waals surface area contributed by atoms with E-state index in [0.29, 0.717) is 45.7 Å². The van der Waals surface area contributed by atoms with Crippen LogP contribution in [0.15, 0.2) is 30.3 Å². The van der Waals surface area contributed by atoms with Crippen molar-refractivity contribution >= 4 is 52.1 Å². The fourth-order valence-corrected chi connectivity index (χ4v) is 5.38. The highest BCUT2D eigenvalue weighted by atomic mass is 35.5. The fourth-order valence-electron chi connectivity index (χ4n) is 4.37. The highest BCUT2D eigenvalue weighted by molar-refractivity contribution is 7.18. The number of benzene rings is 1. The Morgan fingerprint density at radius 1 is 1.25 bits per heavy atom. The van der Waals surface area contributed by atoms with Crippen molar-refractivity contribution in [3.63, 3.8) is 0 Å². The van der Waals surface area contributed by atoms with E-state index in [1.165, 1.54) is 11.3 Å². The average Bonchev–Trinajstić information content (AvgIpc) is 3.35. The quantitative estimate of drug-likeness (QED) is 0.586. The molecule has 168 valence electrons. The third-order valence-corrected chi connectivity index (χ3v) is 7.27. The number of carbonyl (C=O) groups excluding carboxylic acids is 3. The summed E-state index contributed by atoms with van der Waals surface area (Å²) in [6.45, 7) is 0.519. The predicted molar refractivity (Wildman–Crippen MR) is 118 cm³/mol. The number of piperidine rings is 1. The van der Waals surface area contributed by atoms with Gasteiger partial charge < -0.3 is 14.4 Å². The summed E-state index contributed by atoms with van der Waals surface area (Å²) >= 11 is 7.13. The molecule has 3 atom stereocenters. The maximum Gasteiger partial charge on any atom is 0.415 e. The smallest absolute Gasteiger partial charge is 0.415 e. The molecule has 0 aliphatic carbocycles. The molecule has 0 radical (unpaired) electrons. The van der Waals surface area contributed by atoms with E-state index in [9.17, 15) is 18.8 Å². The lowest BCUT2D eigenvalue weighted by atomic mass is 10.0. The molecule has 0 saturated carbocycles. The summed E-state index contributed by atoms with van der Waals surface area (Å²) in [4.78, 5) is 40.9. The number of ether oxygens (including phenoxy) is 2. The lowest BCUT2D eigenvalue weighted by Crippen LogP contribution is -2.44. The van der Waals surface area contributed by atoms with Gasteiger partial charge in [0.25, 0.3) is 0 Å². The minimum absolute atomic E-state index is 0.0418. The third-order valence-electron chi connectivity index (χ3n) is 6.00. The van der Waals surface area contributed by atoms with Crippen LogP contribution in [-0.2, 0) is 9.53 Å². The molecule has 2 aromatic rings. The SMILES string of the molecule is O=C(CC[C@@H]1OC(=O)N2c3ccc(N4CC[C@@H](F)CC4=O)cc3OC[C@@H]12)c1ccc(Cl)s1. The Morgan fingerprint density at radius 2 is 2.09 bits per heavy atom. The molecular formula is C22H20ClFN2O5S. The molecule has 10 heteroatoms. The highest BCUT2D eigenvalue weighted by Gasteiger charge is 2.46. The van der Waals surface area contributed by atoms with Gasteiger partial charge in [0.2, 0.25) is 5.91 Å². The molecule has 7 nitrogen and oxygen atoms in total. The van der Waals surface area contributed by atoms with Crippen molar-refractivity contribution in [1.82, 2.24) is 0 Å². The predicted octanol–water partition coefficient (Wildman–Crippen LogP) is 4.62. The van der Waals surface area contributed by atoms with Crippen LogP contribution in [-0.4, -0.2) is 49.3 Å². The number of anilines is 2. The van der Waals surface area contributed by atoms with Gasteiger partial charge in [0.15, 0.2) is 5.78 Å². The van der Waals surface area contributed by atoms with Gasteiger partial charge in [-0.05, 0) is 37.1 Å². The summed E-state index contributed by atoms with van der Waals surface area (Å²) in [5, 5.41) is 0. The van der Waals surface area contributed by atoms with E-state index in [1.54, 1.807) is 40.1 Å². The molecule has 5 rings (SSSR count). The number of amides is 2. The van der Waals surface area contributed by atoms with Gasteiger partial charge in [-0.15, -0.1) is 11.3 Å². The monoisotopic (exact) mass is 478 g/mol. The Balaban J connectivity index is 1.29. The van der Waals surface area contributed by atoms with E-state index < -0.39 is 18.4 Å². The molecule has 2 fully saturated rings. The van der Waals surface area contributed by atoms with Crippen LogP contribution in [0.1, 0.15) is 35.4 Å². The first kappa shape index (κ1) is 21.2. The van der Waals surface area contributed by atoms with Crippen LogP contribution in [0.2, 0.25) is 4.34 Å². The summed E-state index contributed by atoms with van der Waals surface area (Å²) in [7, 11) is 0. The zero-order valence-electron chi connectivity index (χ0n) is 17.0. The molecule has 0 spiro atoms. The van der Waals surface area contributed by atoms with Crippen molar-refractivity contribution in [2.24, 2.45) is 0 Å². The summed E-state index contributed by atoms with van der Waals surface area (Å²) in [5.74, 6) is 0.158. The molecule has 4 heterocycles. The second kappa shape index (κ2) is 8.37. The standard InChI is InChI=1S/C22H20ClFN2O5S/c23-20-6-5-19(32-20)16(27)3-4-17-15-11-30-18-10-13(25-8-7-12(24)9-21(25)28)1-2-14(18)26(15)22(29)31-17/h1-2,5-6,10,12,15,17H,3-4,7-9,11H2/t12-,15+,17+/m1/s1. The summed E-state index contributed by atoms with van der Waals surface area (Å²) < 4.78 is 25.5. The first-order valence-electron chi connectivity index (χ1n) is 10.4. The van der Waals surface area contributed by atoms with Crippen LogP contribution in [0.4, 0.5) is 20.6 Å². The van der Waals surface area contributed by atoms with Gasteiger partial charge in [-0.3, -0.25) is 14.5 Å². The number of alkyl halides is 1. The normalized spacial score (nSPS) is 24.6. The van der Waals surface area contributed by atoms with Gasteiger partial charge in [0.1, 0.15) is 30.7 Å². The Labute approximate surface area is 192 Å². The summed E-state index contributed by atoms with van der Waals surface area (Å²) in [6.07, 6.45) is -1.28. The Morgan fingerprint density at radius 3 is 2.84 bits per heavy atom. The Bertz CT molecular complexity index is 1090. The molecule has 2 saturated heterocycles. The second-order valence-electron chi connectivity index (χ2n) is 8.02. The number of hydrogen-bond donors (Lipinski definition) is 0. The van der Waals surface area contributed by atoms with E-state index >= 15 is 0 Å². The number of nitrogens with zero attached hydrogens (tertiary/aromatic N) is 2. The molecule has 1 aromatic heterocycles. The second-order valence-corrected chi connectivity index (χ2v) is 9.74. The van der Waals surface area contributed by atoms with Crippen molar-refractivity contribution in [3.8, 4) is 5.75 Å². The Hall–Kier alpha value is -2.65. The molecule has 3 aliphatic rings. The largest absolute Gasteiger partial charge is 0.489 e. The zero-order chi connectivity index (χ0) is 22.4. The van der Waals surface area contributed by atoms with Crippen molar-refractivity contribution in [2.75, 3.05) is 23.0 Å². The van der Waals surface area contributed by atoms with Gasteiger partial charge in [0.05, 0.1) is 21.3 Å². The summed E-state index contributed by atoms with van der Waals surface area (Å²) in [6, 6.07) is 8.18. The van der Waals surface area contributed by atoms with Crippen molar-refractivity contribution < 1.29 is 28.2 Å². The van der Waals surface area contributed by atoms with Crippen LogP contribution < -0.4 is 14.5 Å². The topological polar surface area (TPSA) is 76.2 Å². The molecule has 0 N–H and O–H groups in total. The lowest BCUT2D eigenvalue weighted by molar-refractivity contribution is -0.120. The van der Waals surface area contributed by atoms with Crippen LogP contribution in [0.25, 0.3) is 0 Å².